The van der Waals surface area contributed by atoms with Gasteiger partial charge in [-0.1, -0.05) is 30.3 Å². The van der Waals surface area contributed by atoms with Crippen LogP contribution in [0.25, 0.3) is 0 Å². The van der Waals surface area contributed by atoms with Gasteiger partial charge < -0.3 is 10.1 Å². The highest BCUT2D eigenvalue weighted by Gasteiger charge is 2.13. The largest absolute Gasteiger partial charge is 0.457 e. The molecular formula is C16H17NO2. The van der Waals surface area contributed by atoms with Crippen molar-refractivity contribution >= 4 is 5.91 Å². The van der Waals surface area contributed by atoms with Gasteiger partial charge in [0.15, 0.2) is 0 Å². The molecule has 19 heavy (non-hydrogen) atoms. The van der Waals surface area contributed by atoms with Crippen molar-refractivity contribution in [2.45, 2.75) is 12.8 Å². The quantitative estimate of drug-likeness (QED) is 0.910. The van der Waals surface area contributed by atoms with Gasteiger partial charge in [0.1, 0.15) is 11.5 Å². The van der Waals surface area contributed by atoms with Crippen LogP contribution >= 0.6 is 0 Å². The number of nitrogens with one attached hydrogen (secondary N) is 1. The van der Waals surface area contributed by atoms with E-state index in [0.29, 0.717) is 0 Å². The van der Waals surface area contributed by atoms with Crippen LogP contribution in [0.4, 0.5) is 0 Å². The number of amides is 1. The van der Waals surface area contributed by atoms with Crippen molar-refractivity contribution < 1.29 is 9.53 Å². The molecule has 0 aliphatic rings. The number of ether oxygens (including phenoxy) is 1. The Kier molecular flexibility index (Phi) is 4.18. The zero-order chi connectivity index (χ0) is 13.7. The summed E-state index contributed by atoms with van der Waals surface area (Å²) in [5.41, 5.74) is 0.938. The number of rotatable bonds is 4. The lowest BCUT2D eigenvalue weighted by Gasteiger charge is -2.12. The smallest absolute Gasteiger partial charge is 0.227 e. The van der Waals surface area contributed by atoms with Crippen molar-refractivity contribution in [3.05, 3.63) is 60.2 Å². The Hall–Kier alpha value is -2.29. The third-order valence-electron chi connectivity index (χ3n) is 2.98. The normalized spacial score (nSPS) is 11.7. The molecule has 0 fully saturated rings. The van der Waals surface area contributed by atoms with E-state index < -0.39 is 0 Å². The van der Waals surface area contributed by atoms with E-state index >= 15 is 0 Å². The zero-order valence-corrected chi connectivity index (χ0v) is 11.1. The fourth-order valence-electron chi connectivity index (χ4n) is 1.84. The van der Waals surface area contributed by atoms with E-state index in [0.717, 1.165) is 17.1 Å². The summed E-state index contributed by atoms with van der Waals surface area (Å²) in [5, 5.41) is 2.65. The monoisotopic (exact) mass is 255 g/mol. The number of para-hydroxylation sites is 1. The summed E-state index contributed by atoms with van der Waals surface area (Å²) in [6.45, 7) is 1.88. The van der Waals surface area contributed by atoms with Crippen LogP contribution in [0.3, 0.4) is 0 Å². The van der Waals surface area contributed by atoms with Gasteiger partial charge in [-0.25, -0.2) is 0 Å². The third-order valence-corrected chi connectivity index (χ3v) is 2.98. The molecule has 1 unspecified atom stereocenters. The first-order valence-electron chi connectivity index (χ1n) is 6.25. The zero-order valence-electron chi connectivity index (χ0n) is 11.1. The summed E-state index contributed by atoms with van der Waals surface area (Å²) >= 11 is 0. The van der Waals surface area contributed by atoms with Gasteiger partial charge in [-0.2, -0.15) is 0 Å². The van der Waals surface area contributed by atoms with Gasteiger partial charge in [-0.3, -0.25) is 4.79 Å². The average Bonchev–Trinajstić information content (AvgIpc) is 2.47. The molecule has 2 aromatic carbocycles. The molecule has 0 spiro atoms. The predicted octanol–water partition coefficient (Wildman–Crippen LogP) is 3.33. The number of hydrogen-bond donors (Lipinski definition) is 1. The first-order valence-corrected chi connectivity index (χ1v) is 6.25. The molecule has 0 heterocycles. The lowest BCUT2D eigenvalue weighted by Crippen LogP contribution is -2.23. The van der Waals surface area contributed by atoms with Crippen molar-refractivity contribution in [2.75, 3.05) is 7.05 Å². The van der Waals surface area contributed by atoms with E-state index in [9.17, 15) is 4.79 Å². The fraction of sp³-hybridized carbons (Fsp3) is 0.188. The first-order chi connectivity index (χ1) is 9.20. The van der Waals surface area contributed by atoms with Gasteiger partial charge in [-0.15, -0.1) is 0 Å². The summed E-state index contributed by atoms with van der Waals surface area (Å²) in [7, 11) is 1.64. The van der Waals surface area contributed by atoms with Crippen molar-refractivity contribution in [3.8, 4) is 11.5 Å². The Morgan fingerprint density at radius 2 is 1.74 bits per heavy atom. The van der Waals surface area contributed by atoms with Crippen LogP contribution in [0, 0.1) is 0 Å². The molecule has 1 amide bonds. The molecule has 0 aliphatic heterocycles. The van der Waals surface area contributed by atoms with Crippen LogP contribution in [0.1, 0.15) is 18.4 Å². The van der Waals surface area contributed by atoms with Gasteiger partial charge in [0.05, 0.1) is 5.92 Å². The van der Waals surface area contributed by atoms with E-state index in [-0.39, 0.29) is 11.8 Å². The second-order valence-electron chi connectivity index (χ2n) is 4.32. The molecule has 3 nitrogen and oxygen atoms in total. The molecule has 0 bridgehead atoms. The van der Waals surface area contributed by atoms with Crippen molar-refractivity contribution in [2.24, 2.45) is 0 Å². The van der Waals surface area contributed by atoms with Crippen LogP contribution in [-0.2, 0) is 4.79 Å². The number of carbonyl (C=O) groups is 1. The van der Waals surface area contributed by atoms with Gasteiger partial charge in [0, 0.05) is 7.05 Å². The third kappa shape index (κ3) is 3.35. The Morgan fingerprint density at radius 3 is 2.42 bits per heavy atom. The molecular weight excluding hydrogens is 238 g/mol. The highest BCUT2D eigenvalue weighted by atomic mass is 16.5. The Labute approximate surface area is 113 Å². The topological polar surface area (TPSA) is 38.3 Å². The second kappa shape index (κ2) is 6.05. The van der Waals surface area contributed by atoms with Crippen LogP contribution in [-0.4, -0.2) is 13.0 Å². The molecule has 1 atom stereocenters. The highest BCUT2D eigenvalue weighted by Crippen LogP contribution is 2.25. The van der Waals surface area contributed by atoms with Crippen molar-refractivity contribution in [1.82, 2.24) is 5.32 Å². The van der Waals surface area contributed by atoms with E-state index in [1.165, 1.54) is 0 Å². The molecule has 0 radical (unpaired) electrons. The van der Waals surface area contributed by atoms with E-state index in [2.05, 4.69) is 5.32 Å². The molecule has 0 aromatic heterocycles. The Bertz CT molecular complexity index is 552. The summed E-state index contributed by atoms with van der Waals surface area (Å²) in [5.74, 6) is 1.33. The molecule has 0 saturated heterocycles. The fourth-order valence-corrected chi connectivity index (χ4v) is 1.84. The molecule has 2 rings (SSSR count). The SMILES string of the molecule is CNC(=O)C(C)c1cccc(Oc2ccccc2)c1. The summed E-state index contributed by atoms with van der Waals surface area (Å²) in [4.78, 5) is 11.6. The molecule has 0 aliphatic carbocycles. The minimum Gasteiger partial charge on any atom is -0.457 e. The number of hydrogen-bond acceptors (Lipinski definition) is 2. The number of carbonyl (C=O) groups excluding carboxylic acids is 1. The van der Waals surface area contributed by atoms with Crippen LogP contribution < -0.4 is 10.1 Å². The van der Waals surface area contributed by atoms with Crippen LogP contribution in [0.5, 0.6) is 11.5 Å². The molecule has 3 heteroatoms. The maximum absolute atomic E-state index is 11.6. The lowest BCUT2D eigenvalue weighted by molar-refractivity contribution is -0.121. The average molecular weight is 255 g/mol. The molecule has 0 saturated carbocycles. The van der Waals surface area contributed by atoms with Crippen molar-refractivity contribution in [3.63, 3.8) is 0 Å². The highest BCUT2D eigenvalue weighted by molar-refractivity contribution is 5.83. The summed E-state index contributed by atoms with van der Waals surface area (Å²) in [6.07, 6.45) is 0. The van der Waals surface area contributed by atoms with Gasteiger partial charge in [0.2, 0.25) is 5.91 Å². The first kappa shape index (κ1) is 13.1. The molecule has 2 aromatic rings. The number of benzene rings is 2. The van der Waals surface area contributed by atoms with E-state index in [1.807, 2.05) is 61.5 Å². The Balaban J connectivity index is 2.18. The van der Waals surface area contributed by atoms with Gasteiger partial charge in [0.25, 0.3) is 0 Å². The predicted molar refractivity (Wildman–Crippen MR) is 75.4 cm³/mol. The van der Waals surface area contributed by atoms with E-state index in [1.54, 1.807) is 7.05 Å². The summed E-state index contributed by atoms with van der Waals surface area (Å²) < 4.78 is 5.75. The number of likely N-dealkylation sites (N-methyl/N-ethyl adjacent to an activating group) is 1. The lowest BCUT2D eigenvalue weighted by atomic mass is 10.0. The minimum atomic E-state index is -0.190. The van der Waals surface area contributed by atoms with Gasteiger partial charge in [-0.05, 0) is 36.8 Å². The van der Waals surface area contributed by atoms with Crippen LogP contribution in [0.15, 0.2) is 54.6 Å². The minimum absolute atomic E-state index is 0.00291. The summed E-state index contributed by atoms with van der Waals surface area (Å²) in [6, 6.07) is 17.2. The van der Waals surface area contributed by atoms with E-state index in [4.69, 9.17) is 4.74 Å². The maximum atomic E-state index is 11.6. The molecule has 98 valence electrons. The van der Waals surface area contributed by atoms with Crippen LogP contribution in [0.2, 0.25) is 0 Å². The second-order valence-corrected chi connectivity index (χ2v) is 4.32. The standard InChI is InChI=1S/C16H17NO2/c1-12(16(18)17-2)13-7-6-10-15(11-13)19-14-8-4-3-5-9-14/h3-12H,1-2H3,(H,17,18). The Morgan fingerprint density at radius 1 is 1.05 bits per heavy atom. The van der Waals surface area contributed by atoms with Gasteiger partial charge >= 0.3 is 0 Å². The molecule has 1 N–H and O–H groups in total. The van der Waals surface area contributed by atoms with Crippen molar-refractivity contribution in [1.29, 1.82) is 0 Å². The maximum Gasteiger partial charge on any atom is 0.227 e.